The molecule has 1 nitrogen and oxygen atoms in total. The van der Waals surface area contributed by atoms with Crippen molar-refractivity contribution in [1.82, 2.24) is 0 Å². The lowest BCUT2D eigenvalue weighted by molar-refractivity contribution is 0.112. The van der Waals surface area contributed by atoms with Crippen LogP contribution in [0.25, 0.3) is 5.57 Å². The number of halogens is 1. The molecule has 0 saturated heterocycles. The van der Waals surface area contributed by atoms with E-state index >= 15 is 0 Å². The fraction of sp³-hybridized carbons (Fsp3) is 0.267. The zero-order chi connectivity index (χ0) is 12.6. The van der Waals surface area contributed by atoms with Crippen molar-refractivity contribution in [2.24, 2.45) is 5.92 Å². The number of carbonyl (C=O) groups excluding carboxylic acids is 1. The molecular formula is C15H15ClO. The highest BCUT2D eigenvalue weighted by Crippen LogP contribution is 2.39. The highest BCUT2D eigenvalue weighted by atomic mass is 35.5. The van der Waals surface area contributed by atoms with Crippen LogP contribution in [0.3, 0.4) is 0 Å². The summed E-state index contributed by atoms with van der Waals surface area (Å²) in [7, 11) is 0. The van der Waals surface area contributed by atoms with Crippen LogP contribution in [0.2, 0.25) is 5.02 Å². The molecule has 0 bridgehead atoms. The number of allylic oxidation sites excluding steroid dienone is 4. The van der Waals surface area contributed by atoms with Gasteiger partial charge in [0.1, 0.15) is 0 Å². The van der Waals surface area contributed by atoms with E-state index in [0.717, 1.165) is 11.8 Å². The molecule has 1 aromatic rings. The quantitative estimate of drug-likeness (QED) is 0.701. The molecule has 2 rings (SSSR count). The van der Waals surface area contributed by atoms with Crippen molar-refractivity contribution in [2.75, 3.05) is 0 Å². The van der Waals surface area contributed by atoms with Crippen LogP contribution in [0.4, 0.5) is 0 Å². The van der Waals surface area contributed by atoms with E-state index < -0.39 is 0 Å². The van der Waals surface area contributed by atoms with Gasteiger partial charge in [-0.1, -0.05) is 36.2 Å². The minimum absolute atomic E-state index is 0.370. The van der Waals surface area contributed by atoms with Crippen LogP contribution in [0.15, 0.2) is 35.4 Å². The first kappa shape index (κ1) is 12.1. The second-order valence-electron chi connectivity index (χ2n) is 4.56. The average Bonchev–Trinajstić information content (AvgIpc) is 2.54. The Labute approximate surface area is 107 Å². The van der Waals surface area contributed by atoms with Crippen molar-refractivity contribution >= 4 is 23.5 Å². The maximum absolute atomic E-state index is 11.1. The van der Waals surface area contributed by atoms with Gasteiger partial charge in [0.15, 0.2) is 6.29 Å². The predicted octanol–water partition coefficient (Wildman–Crippen LogP) is 4.52. The maximum atomic E-state index is 11.1. The van der Waals surface area contributed by atoms with Gasteiger partial charge in [0, 0.05) is 16.5 Å². The third-order valence-corrected chi connectivity index (χ3v) is 3.65. The molecule has 0 spiro atoms. The number of carbonyl (C=O) groups is 1. The van der Waals surface area contributed by atoms with Crippen molar-refractivity contribution in [3.05, 3.63) is 51.6 Å². The molecule has 2 heteroatoms. The Hall–Kier alpha value is -1.34. The Morgan fingerprint density at radius 2 is 2.00 bits per heavy atom. The molecule has 0 aromatic heterocycles. The van der Waals surface area contributed by atoms with Crippen molar-refractivity contribution < 1.29 is 4.79 Å². The molecule has 0 N–H and O–H groups in total. The molecule has 1 aliphatic carbocycles. The van der Waals surface area contributed by atoms with Crippen molar-refractivity contribution in [3.63, 3.8) is 0 Å². The number of rotatable bonds is 2. The molecule has 88 valence electrons. The molecule has 0 aliphatic heterocycles. The Morgan fingerprint density at radius 1 is 1.29 bits per heavy atom. The van der Waals surface area contributed by atoms with Gasteiger partial charge in [0.2, 0.25) is 0 Å². The molecule has 0 fully saturated rings. The van der Waals surface area contributed by atoms with E-state index in [1.54, 1.807) is 6.07 Å². The summed E-state index contributed by atoms with van der Waals surface area (Å²) in [5.74, 6) is 0.370. The molecule has 1 aromatic carbocycles. The Morgan fingerprint density at radius 3 is 2.53 bits per heavy atom. The molecule has 0 heterocycles. The number of aldehydes is 1. The van der Waals surface area contributed by atoms with Gasteiger partial charge in [-0.25, -0.2) is 0 Å². The minimum atomic E-state index is 0.370. The molecule has 17 heavy (non-hydrogen) atoms. The smallest absolute Gasteiger partial charge is 0.150 e. The van der Waals surface area contributed by atoms with E-state index in [4.69, 9.17) is 11.6 Å². The van der Waals surface area contributed by atoms with E-state index in [2.05, 4.69) is 26.8 Å². The summed E-state index contributed by atoms with van der Waals surface area (Å²) < 4.78 is 0. The van der Waals surface area contributed by atoms with Crippen LogP contribution in [0.1, 0.15) is 36.7 Å². The standard InChI is InChI=1S/C15H15ClO/c1-9-6-10(2)15(11(9)3)14-5-4-13(16)7-12(14)8-17/h4-8,11H,1-3H3. The third kappa shape index (κ3) is 2.07. The first-order valence-corrected chi connectivity index (χ1v) is 6.06. The normalized spacial score (nSPS) is 19.5. The Kier molecular flexibility index (Phi) is 3.21. The molecule has 1 atom stereocenters. The number of hydrogen-bond acceptors (Lipinski definition) is 1. The Balaban J connectivity index is 2.57. The van der Waals surface area contributed by atoms with Crippen molar-refractivity contribution in [3.8, 4) is 0 Å². The maximum Gasteiger partial charge on any atom is 0.150 e. The summed E-state index contributed by atoms with van der Waals surface area (Å²) in [5.41, 5.74) is 5.48. The zero-order valence-electron chi connectivity index (χ0n) is 10.3. The summed E-state index contributed by atoms with van der Waals surface area (Å²) in [4.78, 5) is 11.1. The summed E-state index contributed by atoms with van der Waals surface area (Å²) >= 11 is 5.92. The summed E-state index contributed by atoms with van der Waals surface area (Å²) in [6.45, 7) is 6.38. The molecule has 1 unspecified atom stereocenters. The van der Waals surface area contributed by atoms with Crippen LogP contribution < -0.4 is 0 Å². The van der Waals surface area contributed by atoms with Crippen molar-refractivity contribution in [2.45, 2.75) is 20.8 Å². The lowest BCUT2D eigenvalue weighted by Gasteiger charge is -2.15. The van der Waals surface area contributed by atoms with Gasteiger partial charge in [-0.15, -0.1) is 0 Å². The van der Waals surface area contributed by atoms with E-state index in [1.807, 2.05) is 12.1 Å². The largest absolute Gasteiger partial charge is 0.298 e. The van der Waals surface area contributed by atoms with Crippen LogP contribution in [0.5, 0.6) is 0 Å². The van der Waals surface area contributed by atoms with Crippen LogP contribution in [-0.4, -0.2) is 6.29 Å². The first-order chi connectivity index (χ1) is 8.04. The predicted molar refractivity (Wildman–Crippen MR) is 72.4 cm³/mol. The lowest BCUT2D eigenvalue weighted by Crippen LogP contribution is -2.00. The minimum Gasteiger partial charge on any atom is -0.298 e. The highest BCUT2D eigenvalue weighted by molar-refractivity contribution is 6.31. The molecule has 1 aliphatic rings. The zero-order valence-corrected chi connectivity index (χ0v) is 11.0. The number of benzene rings is 1. The summed E-state index contributed by atoms with van der Waals surface area (Å²) in [5, 5.41) is 0.601. The highest BCUT2D eigenvalue weighted by Gasteiger charge is 2.22. The van der Waals surface area contributed by atoms with E-state index in [9.17, 15) is 4.79 Å². The fourth-order valence-corrected chi connectivity index (χ4v) is 2.62. The van der Waals surface area contributed by atoms with Gasteiger partial charge < -0.3 is 0 Å². The van der Waals surface area contributed by atoms with E-state index in [0.29, 0.717) is 16.5 Å². The molecule has 0 saturated carbocycles. The lowest BCUT2D eigenvalue weighted by atomic mass is 9.89. The molecular weight excluding hydrogens is 232 g/mol. The first-order valence-electron chi connectivity index (χ1n) is 5.68. The van der Waals surface area contributed by atoms with Gasteiger partial charge in [-0.05, 0) is 42.7 Å². The fourth-order valence-electron chi connectivity index (χ4n) is 2.44. The summed E-state index contributed by atoms with van der Waals surface area (Å²) in [6.07, 6.45) is 3.06. The van der Waals surface area contributed by atoms with E-state index in [1.165, 1.54) is 16.7 Å². The van der Waals surface area contributed by atoms with Crippen LogP contribution in [-0.2, 0) is 0 Å². The average molecular weight is 247 g/mol. The SMILES string of the molecule is CC1=CC(C)=C(c2ccc(Cl)cc2C=O)C1C. The van der Waals surface area contributed by atoms with Gasteiger partial charge in [0.05, 0.1) is 0 Å². The van der Waals surface area contributed by atoms with Gasteiger partial charge in [-0.3, -0.25) is 4.79 Å². The van der Waals surface area contributed by atoms with Gasteiger partial charge >= 0.3 is 0 Å². The van der Waals surface area contributed by atoms with Crippen LogP contribution in [0, 0.1) is 5.92 Å². The monoisotopic (exact) mass is 246 g/mol. The van der Waals surface area contributed by atoms with Crippen LogP contribution >= 0.6 is 11.6 Å². The van der Waals surface area contributed by atoms with Crippen molar-refractivity contribution in [1.29, 1.82) is 0 Å². The van der Waals surface area contributed by atoms with E-state index in [-0.39, 0.29) is 0 Å². The van der Waals surface area contributed by atoms with Gasteiger partial charge in [-0.2, -0.15) is 0 Å². The summed E-state index contributed by atoms with van der Waals surface area (Å²) in [6, 6.07) is 5.50. The molecule has 0 radical (unpaired) electrons. The topological polar surface area (TPSA) is 17.1 Å². The Bertz CT molecular complexity index is 538. The molecule has 0 amide bonds. The second-order valence-corrected chi connectivity index (χ2v) is 4.99. The third-order valence-electron chi connectivity index (χ3n) is 3.42. The van der Waals surface area contributed by atoms with Gasteiger partial charge in [0.25, 0.3) is 0 Å². The number of hydrogen-bond donors (Lipinski definition) is 0. The second kappa shape index (κ2) is 4.50.